The van der Waals surface area contributed by atoms with Crippen LogP contribution in [0.2, 0.25) is 0 Å². The number of thiophene rings is 1. The zero-order chi connectivity index (χ0) is 25.6. The van der Waals surface area contributed by atoms with Crippen LogP contribution in [0.1, 0.15) is 29.3 Å². The molecular weight excluding hydrogens is 490 g/mol. The maximum atomic E-state index is 13.9. The maximum absolute atomic E-state index is 13.9. The molecule has 1 fully saturated rings. The SMILES string of the molecule is COc1ccc([C@@H](C(=O)NC[C@@H]2CCCO2)N(Cc2cccs2)C(=O)Cn2nnc3ccccc32)cc1. The monoisotopic (exact) mass is 519 g/mol. The Bertz CT molecular complexity index is 1330. The molecule has 3 heterocycles. The molecule has 0 aliphatic carbocycles. The van der Waals surface area contributed by atoms with Crippen LogP contribution in [-0.2, 0) is 27.4 Å². The fourth-order valence-corrected chi connectivity index (χ4v) is 5.23. The summed E-state index contributed by atoms with van der Waals surface area (Å²) in [6.07, 6.45) is 1.88. The number of hydrogen-bond donors (Lipinski definition) is 1. The van der Waals surface area contributed by atoms with E-state index in [1.807, 2.05) is 53.9 Å². The molecule has 0 saturated carbocycles. The number of nitrogens with one attached hydrogen (secondary N) is 1. The Morgan fingerprint density at radius 2 is 2.03 bits per heavy atom. The number of nitrogens with zero attached hydrogens (tertiary/aromatic N) is 4. The number of benzene rings is 2. The van der Waals surface area contributed by atoms with Crippen LogP contribution >= 0.6 is 11.3 Å². The molecule has 5 rings (SSSR count). The predicted molar refractivity (Wildman–Crippen MR) is 140 cm³/mol. The van der Waals surface area contributed by atoms with Crippen LogP contribution in [0.3, 0.4) is 0 Å². The molecule has 10 heteroatoms. The van der Waals surface area contributed by atoms with Gasteiger partial charge in [-0.05, 0) is 54.1 Å². The van der Waals surface area contributed by atoms with Gasteiger partial charge in [-0.15, -0.1) is 16.4 Å². The second-order valence-corrected chi connectivity index (χ2v) is 9.92. The summed E-state index contributed by atoms with van der Waals surface area (Å²) in [5.74, 6) is 0.179. The maximum Gasteiger partial charge on any atom is 0.247 e. The standard InChI is InChI=1S/C27H29N5O4S/c1-35-20-12-10-19(11-13-20)26(27(34)28-16-21-6-4-14-36-21)31(17-22-7-5-15-37-22)25(33)18-32-24-9-3-2-8-23(24)29-30-32/h2-3,5,7-13,15,21,26H,4,6,14,16-18H2,1H3,(H,28,34)/t21-,26-/m0/s1. The minimum absolute atomic E-state index is 0.0107. The third kappa shape index (κ3) is 5.81. The lowest BCUT2D eigenvalue weighted by Gasteiger charge is -2.31. The molecule has 0 bridgehead atoms. The molecule has 2 aromatic carbocycles. The molecule has 1 saturated heterocycles. The van der Waals surface area contributed by atoms with E-state index in [4.69, 9.17) is 9.47 Å². The Morgan fingerprint density at radius 1 is 1.19 bits per heavy atom. The zero-order valence-electron chi connectivity index (χ0n) is 20.6. The summed E-state index contributed by atoms with van der Waals surface area (Å²) < 4.78 is 12.6. The number of carbonyl (C=O) groups excluding carboxylic acids is 2. The van der Waals surface area contributed by atoms with Crippen LogP contribution < -0.4 is 10.1 Å². The van der Waals surface area contributed by atoms with Gasteiger partial charge in [0.1, 0.15) is 23.9 Å². The quantitative estimate of drug-likeness (QED) is 0.344. The Labute approximate surface area is 219 Å². The van der Waals surface area contributed by atoms with Gasteiger partial charge < -0.3 is 19.7 Å². The van der Waals surface area contributed by atoms with Crippen LogP contribution in [0.15, 0.2) is 66.0 Å². The van der Waals surface area contributed by atoms with E-state index in [2.05, 4.69) is 15.6 Å². The van der Waals surface area contributed by atoms with Crippen molar-refractivity contribution in [1.82, 2.24) is 25.2 Å². The zero-order valence-corrected chi connectivity index (χ0v) is 21.4. The average molecular weight is 520 g/mol. The highest BCUT2D eigenvalue weighted by molar-refractivity contribution is 7.09. The van der Waals surface area contributed by atoms with E-state index in [-0.39, 0.29) is 31.0 Å². The van der Waals surface area contributed by atoms with Crippen LogP contribution in [-0.4, -0.2) is 58.1 Å². The molecule has 2 aromatic heterocycles. The van der Waals surface area contributed by atoms with Gasteiger partial charge in [-0.2, -0.15) is 0 Å². The summed E-state index contributed by atoms with van der Waals surface area (Å²) in [7, 11) is 1.59. The average Bonchev–Trinajstić information content (AvgIpc) is 3.71. The lowest BCUT2D eigenvalue weighted by Crippen LogP contribution is -2.46. The number of amides is 2. The number of hydrogen-bond acceptors (Lipinski definition) is 7. The molecule has 4 aromatic rings. The largest absolute Gasteiger partial charge is 0.497 e. The second-order valence-electron chi connectivity index (χ2n) is 8.89. The Balaban J connectivity index is 1.47. The normalized spacial score (nSPS) is 16.0. The number of methoxy groups -OCH3 is 1. The molecule has 2 atom stereocenters. The Kier molecular flexibility index (Phi) is 7.76. The third-order valence-corrected chi connectivity index (χ3v) is 7.31. The van der Waals surface area contributed by atoms with Crippen molar-refractivity contribution in [3.05, 3.63) is 76.5 Å². The molecule has 0 unspecified atom stereocenters. The minimum Gasteiger partial charge on any atom is -0.497 e. The molecule has 0 spiro atoms. The summed E-state index contributed by atoms with van der Waals surface area (Å²) in [5.41, 5.74) is 2.16. The summed E-state index contributed by atoms with van der Waals surface area (Å²) >= 11 is 1.54. The smallest absolute Gasteiger partial charge is 0.247 e. The molecule has 0 radical (unpaired) electrons. The number of rotatable bonds is 10. The first-order chi connectivity index (χ1) is 18.1. The fraction of sp³-hybridized carbons (Fsp3) is 0.333. The third-order valence-electron chi connectivity index (χ3n) is 6.45. The van der Waals surface area contributed by atoms with Crippen molar-refractivity contribution in [2.24, 2.45) is 0 Å². The van der Waals surface area contributed by atoms with Crippen molar-refractivity contribution in [3.63, 3.8) is 0 Å². The summed E-state index contributed by atoms with van der Waals surface area (Å²) in [5, 5.41) is 13.4. The number of aromatic nitrogens is 3. The molecule has 192 valence electrons. The van der Waals surface area contributed by atoms with Gasteiger partial charge in [0.2, 0.25) is 11.8 Å². The van der Waals surface area contributed by atoms with Gasteiger partial charge >= 0.3 is 0 Å². The van der Waals surface area contributed by atoms with Crippen molar-refractivity contribution in [3.8, 4) is 5.75 Å². The number of ether oxygens (including phenoxy) is 2. The Morgan fingerprint density at radius 3 is 2.76 bits per heavy atom. The summed E-state index contributed by atoms with van der Waals surface area (Å²) in [4.78, 5) is 30.2. The molecular formula is C27H29N5O4S. The van der Waals surface area contributed by atoms with Crippen molar-refractivity contribution in [1.29, 1.82) is 0 Å². The van der Waals surface area contributed by atoms with Crippen LogP contribution in [0.5, 0.6) is 5.75 Å². The van der Waals surface area contributed by atoms with E-state index in [0.717, 1.165) is 23.2 Å². The molecule has 1 aliphatic heterocycles. The summed E-state index contributed by atoms with van der Waals surface area (Å²) in [6.45, 7) is 1.35. The van der Waals surface area contributed by atoms with Gasteiger partial charge in [0.15, 0.2) is 0 Å². The molecule has 1 N–H and O–H groups in total. The van der Waals surface area contributed by atoms with Crippen molar-refractivity contribution < 1.29 is 19.1 Å². The van der Waals surface area contributed by atoms with E-state index in [1.54, 1.807) is 40.2 Å². The van der Waals surface area contributed by atoms with Crippen LogP contribution in [0.25, 0.3) is 11.0 Å². The molecule has 37 heavy (non-hydrogen) atoms. The minimum atomic E-state index is -0.850. The summed E-state index contributed by atoms with van der Waals surface area (Å²) in [6, 6.07) is 17.8. The van der Waals surface area contributed by atoms with Crippen molar-refractivity contribution in [2.45, 2.75) is 38.1 Å². The van der Waals surface area contributed by atoms with Gasteiger partial charge in [-0.25, -0.2) is 4.68 Å². The number of fused-ring (bicyclic) bond motifs is 1. The predicted octanol–water partition coefficient (Wildman–Crippen LogP) is 3.57. The molecule has 1 aliphatic rings. The van der Waals surface area contributed by atoms with E-state index in [0.29, 0.717) is 30.0 Å². The van der Waals surface area contributed by atoms with Crippen molar-refractivity contribution in [2.75, 3.05) is 20.3 Å². The van der Waals surface area contributed by atoms with E-state index in [9.17, 15) is 9.59 Å². The lowest BCUT2D eigenvalue weighted by atomic mass is 10.0. The molecule has 9 nitrogen and oxygen atoms in total. The van der Waals surface area contributed by atoms with Gasteiger partial charge in [-0.3, -0.25) is 9.59 Å². The van der Waals surface area contributed by atoms with Crippen LogP contribution in [0, 0.1) is 0 Å². The van der Waals surface area contributed by atoms with E-state index < -0.39 is 6.04 Å². The Hall–Kier alpha value is -3.76. The van der Waals surface area contributed by atoms with Crippen molar-refractivity contribution >= 4 is 34.2 Å². The number of para-hydroxylation sites is 1. The van der Waals surface area contributed by atoms with Crippen LogP contribution in [0.4, 0.5) is 0 Å². The highest BCUT2D eigenvalue weighted by Gasteiger charge is 2.33. The van der Waals surface area contributed by atoms with Gasteiger partial charge in [-0.1, -0.05) is 35.5 Å². The fourth-order valence-electron chi connectivity index (χ4n) is 4.52. The van der Waals surface area contributed by atoms with Gasteiger partial charge in [0.05, 0.1) is 25.3 Å². The number of carbonyl (C=O) groups is 2. The second kappa shape index (κ2) is 11.5. The lowest BCUT2D eigenvalue weighted by molar-refractivity contribution is -0.142. The topological polar surface area (TPSA) is 98.6 Å². The highest BCUT2D eigenvalue weighted by atomic mass is 32.1. The van der Waals surface area contributed by atoms with E-state index >= 15 is 0 Å². The molecule has 2 amide bonds. The van der Waals surface area contributed by atoms with Gasteiger partial charge in [0, 0.05) is 18.0 Å². The first-order valence-electron chi connectivity index (χ1n) is 12.3. The highest BCUT2D eigenvalue weighted by Crippen LogP contribution is 2.28. The van der Waals surface area contributed by atoms with E-state index in [1.165, 1.54) is 0 Å². The first kappa shape index (κ1) is 24.9. The van der Waals surface area contributed by atoms with Gasteiger partial charge in [0.25, 0.3) is 0 Å². The first-order valence-corrected chi connectivity index (χ1v) is 13.1.